The summed E-state index contributed by atoms with van der Waals surface area (Å²) in [6.45, 7) is 2.05. The SMILES string of the molecule is C#Cc1ccccc1C#CN(Cc1ccccc1)S(=O)(=O)c1ccc(C)cc1. The highest BCUT2D eigenvalue weighted by molar-refractivity contribution is 7.89. The molecule has 0 aliphatic heterocycles. The number of hydrogen-bond acceptors (Lipinski definition) is 2. The van der Waals surface area contributed by atoms with Crippen molar-refractivity contribution in [2.75, 3.05) is 0 Å². The summed E-state index contributed by atoms with van der Waals surface area (Å²) in [4.78, 5) is 0.202. The van der Waals surface area contributed by atoms with E-state index in [0.717, 1.165) is 11.1 Å². The Hall–Kier alpha value is -3.47. The molecule has 0 aliphatic rings. The van der Waals surface area contributed by atoms with Gasteiger partial charge in [-0.15, -0.1) is 6.42 Å². The minimum Gasteiger partial charge on any atom is -0.220 e. The van der Waals surface area contributed by atoms with Gasteiger partial charge in [-0.2, -0.15) is 0 Å². The number of nitrogens with zero attached hydrogens (tertiary/aromatic N) is 1. The third kappa shape index (κ3) is 4.43. The van der Waals surface area contributed by atoms with Gasteiger partial charge in [-0.25, -0.2) is 12.7 Å². The third-order valence-electron chi connectivity index (χ3n) is 4.18. The average Bonchev–Trinajstić information content (AvgIpc) is 2.72. The molecule has 0 aliphatic carbocycles. The van der Waals surface area contributed by atoms with Gasteiger partial charge in [-0.05, 0) is 42.7 Å². The van der Waals surface area contributed by atoms with Crippen LogP contribution in [0, 0.1) is 31.2 Å². The van der Waals surface area contributed by atoms with Crippen LogP contribution in [0.1, 0.15) is 22.3 Å². The summed E-state index contributed by atoms with van der Waals surface area (Å²) in [5.41, 5.74) is 3.07. The van der Waals surface area contributed by atoms with Gasteiger partial charge in [0.2, 0.25) is 0 Å². The minimum absolute atomic E-state index is 0.141. The second-order valence-corrected chi connectivity index (χ2v) is 8.10. The zero-order chi connectivity index (χ0) is 20.0. The molecule has 0 aromatic heterocycles. The van der Waals surface area contributed by atoms with E-state index in [1.807, 2.05) is 49.4 Å². The van der Waals surface area contributed by atoms with Crippen LogP contribution in [-0.4, -0.2) is 12.7 Å². The van der Waals surface area contributed by atoms with Gasteiger partial charge in [0, 0.05) is 17.2 Å². The van der Waals surface area contributed by atoms with Crippen LogP contribution in [0.2, 0.25) is 0 Å². The largest absolute Gasteiger partial charge is 0.271 e. The van der Waals surface area contributed by atoms with Gasteiger partial charge in [0.25, 0.3) is 10.0 Å². The predicted octanol–water partition coefficient (Wildman–Crippen LogP) is 4.18. The number of benzene rings is 3. The van der Waals surface area contributed by atoms with Gasteiger partial charge in [-0.1, -0.05) is 66.1 Å². The van der Waals surface area contributed by atoms with Crippen molar-refractivity contribution in [2.24, 2.45) is 0 Å². The smallest absolute Gasteiger partial charge is 0.220 e. The first kappa shape index (κ1) is 19.3. The number of aryl methyl sites for hydroxylation is 1. The molecule has 0 amide bonds. The van der Waals surface area contributed by atoms with Crippen molar-refractivity contribution >= 4 is 10.0 Å². The van der Waals surface area contributed by atoms with E-state index < -0.39 is 10.0 Å². The molecule has 0 radical (unpaired) electrons. The van der Waals surface area contributed by atoms with Crippen molar-refractivity contribution in [3.63, 3.8) is 0 Å². The number of rotatable bonds is 4. The van der Waals surface area contributed by atoms with Crippen LogP contribution in [0.4, 0.5) is 0 Å². The molecule has 0 saturated heterocycles. The van der Waals surface area contributed by atoms with E-state index in [9.17, 15) is 8.42 Å². The predicted molar refractivity (Wildman–Crippen MR) is 112 cm³/mol. The molecule has 138 valence electrons. The van der Waals surface area contributed by atoms with E-state index >= 15 is 0 Å². The van der Waals surface area contributed by atoms with Crippen LogP contribution in [-0.2, 0) is 16.6 Å². The summed E-state index contributed by atoms with van der Waals surface area (Å²) in [6.07, 6.45) is 5.52. The quantitative estimate of drug-likeness (QED) is 0.499. The van der Waals surface area contributed by atoms with Crippen molar-refractivity contribution in [3.8, 4) is 24.3 Å². The third-order valence-corrected chi connectivity index (χ3v) is 5.84. The van der Waals surface area contributed by atoms with Gasteiger partial charge in [0.05, 0.1) is 11.4 Å². The molecule has 3 rings (SSSR count). The Bertz CT molecular complexity index is 1160. The lowest BCUT2D eigenvalue weighted by Gasteiger charge is -2.18. The number of terminal acetylenes is 1. The molecule has 0 bridgehead atoms. The fraction of sp³-hybridized carbons (Fsp3) is 0.0833. The number of hydrogen-bond donors (Lipinski definition) is 0. The van der Waals surface area contributed by atoms with E-state index in [4.69, 9.17) is 6.42 Å². The minimum atomic E-state index is -3.80. The highest BCUT2D eigenvalue weighted by Crippen LogP contribution is 2.19. The Morgan fingerprint density at radius 3 is 2.11 bits per heavy atom. The first-order chi connectivity index (χ1) is 13.5. The fourth-order valence-electron chi connectivity index (χ4n) is 2.61. The van der Waals surface area contributed by atoms with E-state index in [-0.39, 0.29) is 11.4 Å². The zero-order valence-corrected chi connectivity index (χ0v) is 16.3. The second-order valence-electron chi connectivity index (χ2n) is 6.24. The maximum absolute atomic E-state index is 13.2. The van der Waals surface area contributed by atoms with Crippen LogP contribution in [0.5, 0.6) is 0 Å². The molecular weight excluding hydrogens is 366 g/mol. The van der Waals surface area contributed by atoms with Gasteiger partial charge < -0.3 is 0 Å². The lowest BCUT2D eigenvalue weighted by molar-refractivity contribution is 0.508. The Balaban J connectivity index is 2.04. The summed E-state index contributed by atoms with van der Waals surface area (Å²) >= 11 is 0. The molecule has 0 spiro atoms. The average molecular weight is 385 g/mol. The van der Waals surface area contributed by atoms with Crippen LogP contribution in [0.15, 0.2) is 83.8 Å². The summed E-state index contributed by atoms with van der Waals surface area (Å²) in [5, 5.41) is 0. The molecule has 28 heavy (non-hydrogen) atoms. The van der Waals surface area contributed by atoms with Crippen LogP contribution in [0.3, 0.4) is 0 Å². The lowest BCUT2D eigenvalue weighted by atomic mass is 10.1. The molecule has 3 nitrogen and oxygen atoms in total. The topological polar surface area (TPSA) is 37.4 Å². The van der Waals surface area contributed by atoms with Crippen molar-refractivity contribution in [1.82, 2.24) is 4.31 Å². The Labute approximate surface area is 166 Å². The summed E-state index contributed by atoms with van der Waals surface area (Å²) < 4.78 is 27.6. The van der Waals surface area contributed by atoms with Crippen molar-refractivity contribution in [1.29, 1.82) is 0 Å². The van der Waals surface area contributed by atoms with Crippen molar-refractivity contribution in [3.05, 3.63) is 101 Å². The number of sulfonamides is 1. The summed E-state index contributed by atoms with van der Waals surface area (Å²) in [7, 11) is -3.80. The standard InChI is InChI=1S/C24H19NO2S/c1-3-22-11-7-8-12-23(22)17-18-25(19-21-9-5-4-6-10-21)28(26,27)24-15-13-20(2)14-16-24/h1,4-16H,19H2,2H3. The lowest BCUT2D eigenvalue weighted by Crippen LogP contribution is -2.26. The van der Waals surface area contributed by atoms with Gasteiger partial charge >= 0.3 is 0 Å². The monoisotopic (exact) mass is 385 g/mol. The van der Waals surface area contributed by atoms with Gasteiger partial charge in [-0.3, -0.25) is 0 Å². The molecule has 0 fully saturated rings. The summed E-state index contributed by atoms with van der Waals surface area (Å²) in [5.74, 6) is 5.50. The first-order valence-corrected chi connectivity index (χ1v) is 10.2. The maximum Gasteiger partial charge on any atom is 0.271 e. The van der Waals surface area contributed by atoms with Crippen LogP contribution >= 0.6 is 0 Å². The van der Waals surface area contributed by atoms with E-state index in [1.54, 1.807) is 36.4 Å². The molecule has 3 aromatic rings. The normalized spacial score (nSPS) is 10.4. The van der Waals surface area contributed by atoms with E-state index in [2.05, 4.69) is 17.9 Å². The maximum atomic E-state index is 13.2. The molecule has 3 aromatic carbocycles. The Morgan fingerprint density at radius 1 is 0.857 bits per heavy atom. The van der Waals surface area contributed by atoms with Crippen LogP contribution < -0.4 is 0 Å². The molecule has 4 heteroatoms. The van der Waals surface area contributed by atoms with Crippen LogP contribution in [0.25, 0.3) is 0 Å². The van der Waals surface area contributed by atoms with E-state index in [1.165, 1.54) is 4.31 Å². The molecule has 0 saturated carbocycles. The Morgan fingerprint density at radius 2 is 1.46 bits per heavy atom. The zero-order valence-electron chi connectivity index (χ0n) is 15.5. The molecule has 0 N–H and O–H groups in total. The highest BCUT2D eigenvalue weighted by Gasteiger charge is 2.22. The molecular formula is C24H19NO2S. The van der Waals surface area contributed by atoms with Gasteiger partial charge in [0.1, 0.15) is 0 Å². The van der Waals surface area contributed by atoms with Gasteiger partial charge in [0.15, 0.2) is 0 Å². The molecule has 0 atom stereocenters. The van der Waals surface area contributed by atoms with Crippen molar-refractivity contribution in [2.45, 2.75) is 18.4 Å². The molecule has 0 unspecified atom stereocenters. The fourth-order valence-corrected chi connectivity index (χ4v) is 3.83. The van der Waals surface area contributed by atoms with Crippen molar-refractivity contribution < 1.29 is 8.42 Å². The molecule has 0 heterocycles. The first-order valence-electron chi connectivity index (χ1n) is 8.71. The van der Waals surface area contributed by atoms with E-state index in [0.29, 0.717) is 11.1 Å². The summed E-state index contributed by atoms with van der Waals surface area (Å²) in [6, 6.07) is 26.1. The highest BCUT2D eigenvalue weighted by atomic mass is 32.2. The second kappa shape index (κ2) is 8.48. The Kier molecular flexibility index (Phi) is 5.84.